The van der Waals surface area contributed by atoms with E-state index in [0.717, 1.165) is 23.8 Å². The molecule has 4 heterocycles. The van der Waals surface area contributed by atoms with Crippen molar-refractivity contribution in [2.24, 2.45) is 37.8 Å². The van der Waals surface area contributed by atoms with Gasteiger partial charge in [0.1, 0.15) is 5.69 Å². The van der Waals surface area contributed by atoms with Crippen LogP contribution in [0.5, 0.6) is 0 Å². The average molecular weight is 530 g/mol. The van der Waals surface area contributed by atoms with Crippen molar-refractivity contribution < 1.29 is 14.4 Å². The zero-order valence-electron chi connectivity index (χ0n) is 23.4. The van der Waals surface area contributed by atoms with Crippen LogP contribution in [0.3, 0.4) is 0 Å². The number of amides is 3. The van der Waals surface area contributed by atoms with Crippen molar-refractivity contribution in [3.05, 3.63) is 32.6 Å². The Kier molecular flexibility index (Phi) is 8.47. The van der Waals surface area contributed by atoms with Gasteiger partial charge in [0.15, 0.2) is 0 Å². The summed E-state index contributed by atoms with van der Waals surface area (Å²) in [6.07, 6.45) is 4.98. The molecule has 10 heteroatoms. The van der Waals surface area contributed by atoms with E-state index < -0.39 is 11.2 Å². The lowest BCUT2D eigenvalue weighted by atomic mass is 9.77. The molecule has 3 saturated heterocycles. The molecule has 3 amide bonds. The summed E-state index contributed by atoms with van der Waals surface area (Å²) >= 11 is 0. The van der Waals surface area contributed by atoms with E-state index in [1.807, 2.05) is 4.90 Å². The van der Waals surface area contributed by atoms with E-state index in [0.29, 0.717) is 51.2 Å². The Balaban J connectivity index is 1.55. The standard InChI is InChI=1S/C28H43N5O5/c1-17(2)21-10-9-18(3)11-26(36)33-15-19-12-20(22(33)7-6-8-24(34)29-21)16-32(14-19)27(37)23-13-25(35)31(5)28(38)30(23)4/h13,17-22H,6-12,14-16H2,1-5H3,(H,29,34)/t18-,19+,20+,21+,22+/m1/s1. The van der Waals surface area contributed by atoms with Gasteiger partial charge in [0.05, 0.1) is 0 Å². The van der Waals surface area contributed by atoms with Crippen LogP contribution in [0.4, 0.5) is 0 Å². The van der Waals surface area contributed by atoms with E-state index in [2.05, 4.69) is 26.1 Å². The fraction of sp³-hybridized carbons (Fsp3) is 0.750. The average Bonchev–Trinajstić information content (AvgIpc) is 2.87. The van der Waals surface area contributed by atoms with E-state index >= 15 is 0 Å². The van der Waals surface area contributed by atoms with Gasteiger partial charge in [-0.25, -0.2) is 4.79 Å². The molecule has 1 aromatic rings. The van der Waals surface area contributed by atoms with Crippen molar-refractivity contribution in [1.82, 2.24) is 24.3 Å². The first kappa shape index (κ1) is 28.1. The van der Waals surface area contributed by atoms with Crippen LogP contribution >= 0.6 is 0 Å². The summed E-state index contributed by atoms with van der Waals surface area (Å²) in [5, 5.41) is 3.21. The summed E-state index contributed by atoms with van der Waals surface area (Å²) in [6.45, 7) is 7.90. The lowest BCUT2D eigenvalue weighted by molar-refractivity contribution is -0.141. The van der Waals surface area contributed by atoms with Gasteiger partial charge in [-0.1, -0.05) is 20.8 Å². The van der Waals surface area contributed by atoms with Gasteiger partial charge in [-0.2, -0.15) is 0 Å². The van der Waals surface area contributed by atoms with Crippen LogP contribution in [-0.4, -0.2) is 68.4 Å². The van der Waals surface area contributed by atoms with Gasteiger partial charge in [0, 0.05) is 64.7 Å². The summed E-state index contributed by atoms with van der Waals surface area (Å²) in [4.78, 5) is 68.2. The van der Waals surface area contributed by atoms with Gasteiger partial charge >= 0.3 is 5.69 Å². The highest BCUT2D eigenvalue weighted by Crippen LogP contribution is 2.37. The van der Waals surface area contributed by atoms with E-state index in [4.69, 9.17) is 0 Å². The predicted molar refractivity (Wildman–Crippen MR) is 144 cm³/mol. The molecule has 210 valence electrons. The second kappa shape index (κ2) is 11.5. The summed E-state index contributed by atoms with van der Waals surface area (Å²) < 4.78 is 2.21. The van der Waals surface area contributed by atoms with Crippen LogP contribution in [0.25, 0.3) is 0 Å². The van der Waals surface area contributed by atoms with Gasteiger partial charge in [0.25, 0.3) is 11.5 Å². The highest BCUT2D eigenvalue weighted by atomic mass is 16.2. The molecule has 0 aromatic carbocycles. The maximum Gasteiger partial charge on any atom is 0.331 e. The van der Waals surface area contributed by atoms with E-state index in [9.17, 15) is 24.0 Å². The van der Waals surface area contributed by atoms with Crippen molar-refractivity contribution >= 4 is 17.7 Å². The van der Waals surface area contributed by atoms with Crippen molar-refractivity contribution in [2.45, 2.75) is 77.8 Å². The molecule has 5 atom stereocenters. The van der Waals surface area contributed by atoms with E-state index in [-0.39, 0.29) is 53.3 Å². The molecule has 0 unspecified atom stereocenters. The van der Waals surface area contributed by atoms with Gasteiger partial charge in [-0.05, 0) is 55.8 Å². The summed E-state index contributed by atoms with van der Waals surface area (Å²) in [6, 6.07) is 1.31. The smallest absolute Gasteiger partial charge is 0.331 e. The Labute approximate surface area is 224 Å². The SMILES string of the molecule is CC(C)[C@@H]1CC[C@@H](C)CC(=O)N2C[C@H]3C[C@@H](CN(C(=O)c4cc(=O)n(C)c(=O)n4C)C3)[C@@H]2CCCC(=O)N1. The molecule has 1 N–H and O–H groups in total. The number of hydrogen-bond acceptors (Lipinski definition) is 5. The second-order valence-electron chi connectivity index (χ2n) is 12.2. The minimum atomic E-state index is -0.530. The largest absolute Gasteiger partial charge is 0.353 e. The monoisotopic (exact) mass is 529 g/mol. The molecule has 3 aliphatic rings. The molecular formula is C28H43N5O5. The highest BCUT2D eigenvalue weighted by Gasteiger charge is 2.44. The number of carbonyl (C=O) groups is 3. The van der Waals surface area contributed by atoms with Crippen LogP contribution in [0.2, 0.25) is 0 Å². The first-order valence-corrected chi connectivity index (χ1v) is 14.1. The maximum atomic E-state index is 13.5. The topological polar surface area (TPSA) is 114 Å². The third-order valence-corrected chi connectivity index (χ3v) is 8.87. The van der Waals surface area contributed by atoms with Gasteiger partial charge < -0.3 is 15.1 Å². The van der Waals surface area contributed by atoms with Crippen molar-refractivity contribution in [2.75, 3.05) is 19.6 Å². The Morgan fingerprint density at radius 3 is 2.45 bits per heavy atom. The molecular weight excluding hydrogens is 486 g/mol. The number of rotatable bonds is 2. The molecule has 0 saturated carbocycles. The third-order valence-electron chi connectivity index (χ3n) is 8.87. The molecule has 4 rings (SSSR count). The number of carbonyl (C=O) groups excluding carboxylic acids is 3. The number of nitrogens with one attached hydrogen (secondary N) is 1. The first-order valence-electron chi connectivity index (χ1n) is 14.1. The predicted octanol–water partition coefficient (Wildman–Crippen LogP) is 1.50. The third kappa shape index (κ3) is 5.89. The molecule has 1 aromatic heterocycles. The molecule has 3 fully saturated rings. The Morgan fingerprint density at radius 2 is 1.74 bits per heavy atom. The molecule has 0 aliphatic carbocycles. The minimum absolute atomic E-state index is 0.0385. The van der Waals surface area contributed by atoms with Crippen LogP contribution < -0.4 is 16.6 Å². The highest BCUT2D eigenvalue weighted by molar-refractivity contribution is 5.92. The summed E-state index contributed by atoms with van der Waals surface area (Å²) in [7, 11) is 2.90. The van der Waals surface area contributed by atoms with Crippen LogP contribution in [-0.2, 0) is 23.7 Å². The van der Waals surface area contributed by atoms with Crippen LogP contribution in [0.1, 0.15) is 76.2 Å². The van der Waals surface area contributed by atoms with Crippen molar-refractivity contribution in [1.29, 1.82) is 0 Å². The van der Waals surface area contributed by atoms with Crippen molar-refractivity contribution in [3.63, 3.8) is 0 Å². The number of likely N-dealkylation sites (tertiary alicyclic amines) is 1. The lowest BCUT2D eigenvalue weighted by Crippen LogP contribution is -2.60. The molecule has 0 radical (unpaired) electrons. The van der Waals surface area contributed by atoms with E-state index in [1.165, 1.54) is 24.7 Å². The number of aromatic nitrogens is 2. The molecule has 10 nitrogen and oxygen atoms in total. The zero-order chi connectivity index (χ0) is 27.7. The molecule has 0 spiro atoms. The number of hydrogen-bond donors (Lipinski definition) is 1. The minimum Gasteiger partial charge on any atom is -0.353 e. The fourth-order valence-corrected chi connectivity index (χ4v) is 6.57. The van der Waals surface area contributed by atoms with Crippen LogP contribution in [0, 0.1) is 23.7 Å². The lowest BCUT2D eigenvalue weighted by Gasteiger charge is -2.51. The molecule has 2 bridgehead atoms. The number of fused-ring (bicyclic) bond motifs is 4. The molecule has 3 aliphatic heterocycles. The second-order valence-corrected chi connectivity index (χ2v) is 12.2. The quantitative estimate of drug-likeness (QED) is 0.624. The zero-order valence-corrected chi connectivity index (χ0v) is 23.4. The molecule has 38 heavy (non-hydrogen) atoms. The van der Waals surface area contributed by atoms with E-state index in [1.54, 1.807) is 4.90 Å². The van der Waals surface area contributed by atoms with Gasteiger partial charge in [0.2, 0.25) is 11.8 Å². The summed E-state index contributed by atoms with van der Waals surface area (Å²) in [5.74, 6) is 0.704. The number of piperidine rings is 2. The Hall–Kier alpha value is -2.91. The maximum absolute atomic E-state index is 13.5. The summed E-state index contributed by atoms with van der Waals surface area (Å²) in [5.41, 5.74) is -0.948. The van der Waals surface area contributed by atoms with Gasteiger partial charge in [-0.3, -0.25) is 28.3 Å². The fourth-order valence-electron chi connectivity index (χ4n) is 6.57. The Morgan fingerprint density at radius 1 is 1.00 bits per heavy atom. The van der Waals surface area contributed by atoms with Gasteiger partial charge in [-0.15, -0.1) is 0 Å². The first-order chi connectivity index (χ1) is 18.0. The van der Waals surface area contributed by atoms with Crippen molar-refractivity contribution in [3.8, 4) is 0 Å². The number of nitrogens with zero attached hydrogens (tertiary/aromatic N) is 4. The normalized spacial score (nSPS) is 29.2. The Bertz CT molecular complexity index is 1190. The van der Waals surface area contributed by atoms with Crippen LogP contribution in [0.15, 0.2) is 15.7 Å².